The first-order valence-electron chi connectivity index (χ1n) is 6.65. The third-order valence-electron chi connectivity index (χ3n) is 3.37. The molecule has 0 atom stereocenters. The van der Waals surface area contributed by atoms with Crippen molar-refractivity contribution in [1.82, 2.24) is 10.2 Å². The molecule has 2 heterocycles. The van der Waals surface area contributed by atoms with Crippen LogP contribution in [0.3, 0.4) is 0 Å². The molecule has 1 aromatic carbocycles. The van der Waals surface area contributed by atoms with Crippen LogP contribution in [0.2, 0.25) is 0 Å². The Balaban J connectivity index is 1.88. The first-order chi connectivity index (χ1) is 10.5. The summed E-state index contributed by atoms with van der Waals surface area (Å²) >= 11 is 1.20. The van der Waals surface area contributed by atoms with Crippen LogP contribution in [-0.2, 0) is 10.0 Å². The van der Waals surface area contributed by atoms with E-state index < -0.39 is 10.0 Å². The fraction of sp³-hybridized carbons (Fsp3) is 0.133. The van der Waals surface area contributed by atoms with Gasteiger partial charge in [0.05, 0.1) is 10.6 Å². The standard InChI is InChI=1S/C15H15N3O2S2/c1-10-3-4-12(9-11(10)2)18-22(19,20)15-6-5-14(21-15)13-7-8-16-17-13/h3-9,18H,1-2H3,(H,16,17). The highest BCUT2D eigenvalue weighted by Gasteiger charge is 2.18. The van der Waals surface area contributed by atoms with Gasteiger partial charge in [0.15, 0.2) is 0 Å². The van der Waals surface area contributed by atoms with E-state index in [-0.39, 0.29) is 4.21 Å². The predicted octanol–water partition coefficient (Wildman–Crippen LogP) is 3.56. The summed E-state index contributed by atoms with van der Waals surface area (Å²) in [6.45, 7) is 3.94. The van der Waals surface area contributed by atoms with Crippen LogP contribution in [0.5, 0.6) is 0 Å². The number of sulfonamides is 1. The first kappa shape index (κ1) is 14.8. The summed E-state index contributed by atoms with van der Waals surface area (Å²) in [6.07, 6.45) is 1.64. The maximum atomic E-state index is 12.5. The Kier molecular flexibility index (Phi) is 3.76. The molecule has 5 nitrogen and oxygen atoms in total. The lowest BCUT2D eigenvalue weighted by molar-refractivity contribution is 0.603. The summed E-state index contributed by atoms with van der Waals surface area (Å²) in [6, 6.07) is 10.7. The average molecular weight is 333 g/mol. The van der Waals surface area contributed by atoms with Gasteiger partial charge in [-0.2, -0.15) is 5.10 Å². The fourth-order valence-electron chi connectivity index (χ4n) is 2.01. The third-order valence-corrected chi connectivity index (χ3v) is 6.36. The first-order valence-corrected chi connectivity index (χ1v) is 8.95. The zero-order valence-electron chi connectivity index (χ0n) is 12.1. The van der Waals surface area contributed by atoms with Crippen molar-refractivity contribution >= 4 is 27.0 Å². The van der Waals surface area contributed by atoms with Crippen LogP contribution >= 0.6 is 11.3 Å². The minimum atomic E-state index is -3.58. The minimum Gasteiger partial charge on any atom is -0.279 e. The van der Waals surface area contributed by atoms with Crippen LogP contribution in [-0.4, -0.2) is 18.6 Å². The molecule has 7 heteroatoms. The highest BCUT2D eigenvalue weighted by molar-refractivity contribution is 7.94. The Bertz CT molecular complexity index is 897. The monoisotopic (exact) mass is 333 g/mol. The summed E-state index contributed by atoms with van der Waals surface area (Å²) in [5.41, 5.74) is 3.54. The number of nitrogens with zero attached hydrogens (tertiary/aromatic N) is 1. The van der Waals surface area contributed by atoms with Crippen LogP contribution in [0, 0.1) is 13.8 Å². The molecule has 0 fully saturated rings. The van der Waals surface area contributed by atoms with Crippen LogP contribution in [0.25, 0.3) is 10.6 Å². The van der Waals surface area contributed by atoms with Crippen molar-refractivity contribution in [3.8, 4) is 10.6 Å². The van der Waals surface area contributed by atoms with Gasteiger partial charge in [-0.05, 0) is 55.3 Å². The maximum Gasteiger partial charge on any atom is 0.271 e. The topological polar surface area (TPSA) is 74.8 Å². The molecule has 0 saturated heterocycles. The Morgan fingerprint density at radius 2 is 1.91 bits per heavy atom. The zero-order chi connectivity index (χ0) is 15.7. The van der Waals surface area contributed by atoms with E-state index in [1.807, 2.05) is 26.0 Å². The van der Waals surface area contributed by atoms with E-state index in [9.17, 15) is 8.42 Å². The summed E-state index contributed by atoms with van der Waals surface area (Å²) in [5, 5.41) is 6.70. The quantitative estimate of drug-likeness (QED) is 0.766. The van der Waals surface area contributed by atoms with Gasteiger partial charge in [0.2, 0.25) is 0 Å². The molecule has 3 aromatic rings. The molecule has 0 amide bonds. The Labute approximate surface area is 133 Å². The molecule has 2 aromatic heterocycles. The van der Waals surface area contributed by atoms with E-state index in [4.69, 9.17) is 0 Å². The van der Waals surface area contributed by atoms with Gasteiger partial charge in [-0.15, -0.1) is 11.3 Å². The van der Waals surface area contributed by atoms with Gasteiger partial charge in [-0.3, -0.25) is 9.82 Å². The summed E-state index contributed by atoms with van der Waals surface area (Å²) in [4.78, 5) is 0.831. The van der Waals surface area contributed by atoms with E-state index in [2.05, 4.69) is 14.9 Å². The second-order valence-corrected chi connectivity index (χ2v) is 7.99. The second kappa shape index (κ2) is 5.58. The number of thiophene rings is 1. The van der Waals surface area contributed by atoms with Gasteiger partial charge in [-0.1, -0.05) is 6.07 Å². The van der Waals surface area contributed by atoms with Gasteiger partial charge < -0.3 is 0 Å². The third kappa shape index (κ3) is 2.90. The van der Waals surface area contributed by atoms with Gasteiger partial charge >= 0.3 is 0 Å². The Morgan fingerprint density at radius 1 is 1.09 bits per heavy atom. The van der Waals surface area contributed by atoms with Crippen molar-refractivity contribution < 1.29 is 8.42 Å². The van der Waals surface area contributed by atoms with E-state index in [1.165, 1.54) is 11.3 Å². The lowest BCUT2D eigenvalue weighted by Gasteiger charge is -2.08. The smallest absolute Gasteiger partial charge is 0.271 e. The number of nitrogens with one attached hydrogen (secondary N) is 2. The molecule has 0 spiro atoms. The van der Waals surface area contributed by atoms with Crippen LogP contribution in [0.4, 0.5) is 5.69 Å². The number of anilines is 1. The lowest BCUT2D eigenvalue weighted by atomic mass is 10.1. The van der Waals surface area contributed by atoms with Crippen LogP contribution < -0.4 is 4.72 Å². The second-order valence-electron chi connectivity index (χ2n) is 4.99. The van der Waals surface area contributed by atoms with Gasteiger partial charge in [0, 0.05) is 11.9 Å². The zero-order valence-corrected chi connectivity index (χ0v) is 13.8. The number of aryl methyl sites for hydroxylation is 2. The molecule has 0 aliphatic carbocycles. The number of hydrogen-bond donors (Lipinski definition) is 2. The highest BCUT2D eigenvalue weighted by Crippen LogP contribution is 2.30. The SMILES string of the molecule is Cc1ccc(NS(=O)(=O)c2ccc(-c3ccn[nH]3)s2)cc1C. The number of benzene rings is 1. The number of hydrogen-bond acceptors (Lipinski definition) is 4. The molecule has 0 aliphatic rings. The molecule has 2 N–H and O–H groups in total. The maximum absolute atomic E-state index is 12.5. The van der Waals surface area contributed by atoms with E-state index in [0.717, 1.165) is 21.7 Å². The summed E-state index contributed by atoms with van der Waals surface area (Å²) in [5.74, 6) is 0. The van der Waals surface area contributed by atoms with Gasteiger partial charge in [0.25, 0.3) is 10.0 Å². The number of aromatic amines is 1. The largest absolute Gasteiger partial charge is 0.279 e. The van der Waals surface area contributed by atoms with E-state index in [0.29, 0.717) is 5.69 Å². The van der Waals surface area contributed by atoms with Crippen molar-refractivity contribution in [2.24, 2.45) is 0 Å². The molecular formula is C15H15N3O2S2. The molecule has 0 aliphatic heterocycles. The molecule has 0 bridgehead atoms. The van der Waals surface area contributed by atoms with Crippen molar-refractivity contribution in [3.05, 3.63) is 53.7 Å². The lowest BCUT2D eigenvalue weighted by Crippen LogP contribution is -2.11. The van der Waals surface area contributed by atoms with Crippen molar-refractivity contribution in [3.63, 3.8) is 0 Å². The molecule has 3 rings (SSSR count). The van der Waals surface area contributed by atoms with Crippen molar-refractivity contribution in [2.75, 3.05) is 4.72 Å². The van der Waals surface area contributed by atoms with Gasteiger partial charge in [0.1, 0.15) is 4.21 Å². The normalized spacial score (nSPS) is 11.5. The molecule has 0 saturated carbocycles. The predicted molar refractivity (Wildman–Crippen MR) is 88.6 cm³/mol. The molecular weight excluding hydrogens is 318 g/mol. The molecule has 0 radical (unpaired) electrons. The number of aromatic nitrogens is 2. The van der Waals surface area contributed by atoms with Crippen LogP contribution in [0.15, 0.2) is 46.8 Å². The minimum absolute atomic E-state index is 0.273. The van der Waals surface area contributed by atoms with E-state index in [1.54, 1.807) is 30.5 Å². The summed E-state index contributed by atoms with van der Waals surface area (Å²) < 4.78 is 27.8. The van der Waals surface area contributed by atoms with Crippen molar-refractivity contribution in [1.29, 1.82) is 0 Å². The highest BCUT2D eigenvalue weighted by atomic mass is 32.2. The summed E-state index contributed by atoms with van der Waals surface area (Å²) in [7, 11) is -3.58. The molecule has 114 valence electrons. The van der Waals surface area contributed by atoms with Gasteiger partial charge in [-0.25, -0.2) is 8.42 Å². The molecule has 0 unspecified atom stereocenters. The fourth-order valence-corrected chi connectivity index (χ4v) is 4.34. The average Bonchev–Trinajstić information content (AvgIpc) is 3.12. The Morgan fingerprint density at radius 3 is 2.59 bits per heavy atom. The van der Waals surface area contributed by atoms with E-state index >= 15 is 0 Å². The Hall–Kier alpha value is -2.12. The number of H-pyrrole nitrogens is 1. The van der Waals surface area contributed by atoms with Crippen molar-refractivity contribution in [2.45, 2.75) is 18.1 Å². The number of rotatable bonds is 4. The van der Waals surface area contributed by atoms with Crippen LogP contribution in [0.1, 0.15) is 11.1 Å². The molecule has 22 heavy (non-hydrogen) atoms.